The van der Waals surface area contributed by atoms with Crippen LogP contribution in [0, 0.1) is 5.41 Å². The SMILES string of the molecule is N=C(N=C1CCC1)C(I)=CN. The Bertz CT molecular complexity index is 224. The highest BCUT2D eigenvalue weighted by atomic mass is 127. The molecule has 0 atom stereocenters. The summed E-state index contributed by atoms with van der Waals surface area (Å²) in [6.07, 6.45) is 4.73. The molecule has 0 bridgehead atoms. The fraction of sp³-hybridized carbons (Fsp3) is 0.429. The number of rotatable bonds is 1. The van der Waals surface area contributed by atoms with Crippen molar-refractivity contribution < 1.29 is 0 Å². The van der Waals surface area contributed by atoms with Crippen LogP contribution in [0.5, 0.6) is 0 Å². The van der Waals surface area contributed by atoms with Gasteiger partial charge in [-0.1, -0.05) is 0 Å². The van der Waals surface area contributed by atoms with Crippen LogP contribution in [0.4, 0.5) is 0 Å². The minimum Gasteiger partial charge on any atom is -0.404 e. The molecule has 0 saturated heterocycles. The van der Waals surface area contributed by atoms with Crippen LogP contribution < -0.4 is 5.73 Å². The van der Waals surface area contributed by atoms with Gasteiger partial charge in [0.05, 0.1) is 3.58 Å². The van der Waals surface area contributed by atoms with Gasteiger partial charge in [0.15, 0.2) is 5.84 Å². The summed E-state index contributed by atoms with van der Waals surface area (Å²) in [5, 5.41) is 7.42. The second kappa shape index (κ2) is 3.85. The Morgan fingerprint density at radius 1 is 1.64 bits per heavy atom. The minimum absolute atomic E-state index is 0.294. The molecular formula is C7H10IN3. The molecule has 0 aromatic heterocycles. The molecule has 0 aromatic rings. The van der Waals surface area contributed by atoms with Crippen LogP contribution in [0.1, 0.15) is 19.3 Å². The van der Waals surface area contributed by atoms with E-state index < -0.39 is 0 Å². The van der Waals surface area contributed by atoms with Crippen molar-refractivity contribution in [2.45, 2.75) is 19.3 Å². The quantitative estimate of drug-likeness (QED) is 0.423. The fourth-order valence-corrected chi connectivity index (χ4v) is 0.858. The predicted molar refractivity (Wildman–Crippen MR) is 55.3 cm³/mol. The Kier molecular flexibility index (Phi) is 3.04. The first-order valence-corrected chi connectivity index (χ1v) is 4.54. The normalized spacial score (nSPS) is 17.5. The standard InChI is InChI=1S/C7H10IN3/c8-6(4-9)7(10)11-5-2-1-3-5/h4,10H,1-3,9H2. The van der Waals surface area contributed by atoms with E-state index in [-0.39, 0.29) is 0 Å². The summed E-state index contributed by atoms with van der Waals surface area (Å²) >= 11 is 2.01. The first kappa shape index (κ1) is 8.70. The molecule has 0 heterocycles. The van der Waals surface area contributed by atoms with Crippen LogP contribution in [0.25, 0.3) is 0 Å². The Morgan fingerprint density at radius 3 is 2.64 bits per heavy atom. The Morgan fingerprint density at radius 2 is 2.27 bits per heavy atom. The van der Waals surface area contributed by atoms with Crippen molar-refractivity contribution in [3.63, 3.8) is 0 Å². The van der Waals surface area contributed by atoms with Gasteiger partial charge in [-0.05, 0) is 41.9 Å². The predicted octanol–water partition coefficient (Wildman–Crippen LogP) is 1.82. The number of nitrogens with one attached hydrogen (secondary N) is 1. The molecule has 1 aliphatic carbocycles. The van der Waals surface area contributed by atoms with Crippen LogP contribution in [0.3, 0.4) is 0 Å². The first-order valence-electron chi connectivity index (χ1n) is 3.47. The summed E-state index contributed by atoms with van der Waals surface area (Å²) in [6.45, 7) is 0. The molecule has 0 unspecified atom stereocenters. The van der Waals surface area contributed by atoms with E-state index in [2.05, 4.69) is 4.99 Å². The third kappa shape index (κ3) is 2.28. The summed E-state index contributed by atoms with van der Waals surface area (Å²) in [6, 6.07) is 0. The second-order valence-electron chi connectivity index (χ2n) is 2.39. The van der Waals surface area contributed by atoms with E-state index in [1.165, 1.54) is 12.6 Å². The van der Waals surface area contributed by atoms with Gasteiger partial charge in [-0.25, -0.2) is 4.99 Å². The zero-order chi connectivity index (χ0) is 8.27. The van der Waals surface area contributed by atoms with Crippen molar-refractivity contribution in [2.75, 3.05) is 0 Å². The van der Waals surface area contributed by atoms with Crippen LogP contribution >= 0.6 is 22.6 Å². The zero-order valence-electron chi connectivity index (χ0n) is 6.10. The maximum Gasteiger partial charge on any atom is 0.159 e. The lowest BCUT2D eigenvalue weighted by atomic mass is 9.97. The highest BCUT2D eigenvalue weighted by Gasteiger charge is 2.11. The van der Waals surface area contributed by atoms with E-state index in [9.17, 15) is 0 Å². The maximum absolute atomic E-state index is 7.42. The summed E-state index contributed by atoms with van der Waals surface area (Å²) in [5.41, 5.74) is 6.36. The molecule has 0 aromatic carbocycles. The van der Waals surface area contributed by atoms with E-state index in [1.807, 2.05) is 22.6 Å². The smallest absolute Gasteiger partial charge is 0.159 e. The van der Waals surface area contributed by atoms with Crippen molar-refractivity contribution in [1.29, 1.82) is 5.41 Å². The number of nitrogens with zero attached hydrogens (tertiary/aromatic N) is 1. The number of nitrogens with two attached hydrogens (primary N) is 1. The minimum atomic E-state index is 0.294. The van der Waals surface area contributed by atoms with Crippen molar-refractivity contribution in [3.8, 4) is 0 Å². The molecule has 1 rings (SSSR count). The molecule has 1 aliphatic rings. The molecule has 0 aliphatic heterocycles. The average molecular weight is 263 g/mol. The highest BCUT2D eigenvalue weighted by molar-refractivity contribution is 14.1. The molecule has 0 radical (unpaired) electrons. The van der Waals surface area contributed by atoms with Gasteiger partial charge in [-0.2, -0.15) is 0 Å². The number of amidine groups is 1. The molecule has 3 N–H and O–H groups in total. The average Bonchev–Trinajstić information content (AvgIpc) is 1.94. The van der Waals surface area contributed by atoms with E-state index in [1.54, 1.807) is 0 Å². The van der Waals surface area contributed by atoms with Crippen molar-refractivity contribution in [3.05, 3.63) is 9.78 Å². The second-order valence-corrected chi connectivity index (χ2v) is 3.56. The molecule has 1 fully saturated rings. The van der Waals surface area contributed by atoms with Gasteiger partial charge >= 0.3 is 0 Å². The number of hydrogen-bond donors (Lipinski definition) is 2. The number of hydrogen-bond acceptors (Lipinski definition) is 2. The molecule has 3 nitrogen and oxygen atoms in total. The van der Waals surface area contributed by atoms with Crippen LogP contribution in [-0.2, 0) is 0 Å². The van der Waals surface area contributed by atoms with Gasteiger partial charge in [-0.15, -0.1) is 0 Å². The summed E-state index contributed by atoms with van der Waals surface area (Å²) in [7, 11) is 0. The highest BCUT2D eigenvalue weighted by Crippen LogP contribution is 2.16. The molecule has 0 amide bonds. The molecule has 11 heavy (non-hydrogen) atoms. The summed E-state index contributed by atoms with van der Waals surface area (Å²) in [4.78, 5) is 4.10. The molecule has 1 saturated carbocycles. The molecule has 0 spiro atoms. The third-order valence-electron chi connectivity index (χ3n) is 1.57. The van der Waals surface area contributed by atoms with E-state index in [0.717, 1.165) is 18.6 Å². The monoisotopic (exact) mass is 263 g/mol. The topological polar surface area (TPSA) is 62.2 Å². The third-order valence-corrected chi connectivity index (χ3v) is 2.44. The summed E-state index contributed by atoms with van der Waals surface area (Å²) in [5.74, 6) is 0.294. The van der Waals surface area contributed by atoms with Crippen molar-refractivity contribution in [1.82, 2.24) is 0 Å². The van der Waals surface area contributed by atoms with Gasteiger partial charge in [-0.3, -0.25) is 5.41 Å². The Balaban J connectivity index is 2.55. The fourth-order valence-electron chi connectivity index (χ4n) is 0.737. The van der Waals surface area contributed by atoms with Gasteiger partial charge in [0.25, 0.3) is 0 Å². The number of aliphatic imine (C=N–C) groups is 1. The van der Waals surface area contributed by atoms with E-state index in [0.29, 0.717) is 9.42 Å². The molecule has 60 valence electrons. The van der Waals surface area contributed by atoms with E-state index >= 15 is 0 Å². The summed E-state index contributed by atoms with van der Waals surface area (Å²) < 4.78 is 0.710. The Hall–Kier alpha value is -0.390. The van der Waals surface area contributed by atoms with Crippen molar-refractivity contribution in [2.24, 2.45) is 10.7 Å². The Labute approximate surface area is 79.4 Å². The van der Waals surface area contributed by atoms with Crippen LogP contribution in [0.15, 0.2) is 14.8 Å². The zero-order valence-corrected chi connectivity index (χ0v) is 8.26. The van der Waals surface area contributed by atoms with Gasteiger partial charge in [0.1, 0.15) is 0 Å². The van der Waals surface area contributed by atoms with Gasteiger partial charge in [0.2, 0.25) is 0 Å². The maximum atomic E-state index is 7.42. The van der Waals surface area contributed by atoms with Crippen LogP contribution in [-0.4, -0.2) is 11.5 Å². The van der Waals surface area contributed by atoms with Gasteiger partial charge in [0, 0.05) is 11.9 Å². The number of halogens is 1. The lowest BCUT2D eigenvalue weighted by Crippen LogP contribution is -2.12. The van der Waals surface area contributed by atoms with Crippen LogP contribution in [0.2, 0.25) is 0 Å². The van der Waals surface area contributed by atoms with E-state index in [4.69, 9.17) is 11.1 Å². The van der Waals surface area contributed by atoms with Gasteiger partial charge < -0.3 is 5.73 Å². The van der Waals surface area contributed by atoms with Crippen molar-refractivity contribution >= 4 is 34.1 Å². The molecular weight excluding hydrogens is 253 g/mol. The molecule has 4 heteroatoms. The lowest BCUT2D eigenvalue weighted by Gasteiger charge is -2.13. The first-order chi connectivity index (χ1) is 5.24. The largest absolute Gasteiger partial charge is 0.404 e. The lowest BCUT2D eigenvalue weighted by molar-refractivity contribution is 0.804.